The molecule has 0 aliphatic carbocycles. The van der Waals surface area contributed by atoms with Crippen molar-refractivity contribution < 1.29 is 4.79 Å². The summed E-state index contributed by atoms with van der Waals surface area (Å²) in [7, 11) is 2.07. The lowest BCUT2D eigenvalue weighted by molar-refractivity contribution is -0.116. The van der Waals surface area contributed by atoms with Crippen LogP contribution in [0, 0.1) is 11.8 Å². The fraction of sp³-hybridized carbons (Fsp3) is 0.700. The second kappa shape index (κ2) is 4.88. The molecule has 1 N–H and O–H groups in total. The van der Waals surface area contributed by atoms with E-state index in [0.717, 1.165) is 25.9 Å². The topological polar surface area (TPSA) is 32.3 Å². The molecule has 1 saturated heterocycles. The highest BCUT2D eigenvalue weighted by atomic mass is 16.1. The standard InChI is InChI=1S/C10H16N2O/c1-3-5-10(13)11-9-6-4-7-12(2)8-9/h9H,4,6-8H2,1-2H3,(H,11,13). The molecule has 1 unspecified atom stereocenters. The average Bonchev–Trinajstić information content (AvgIpc) is 2.04. The number of carbonyl (C=O) groups excluding carboxylic acids is 1. The molecule has 0 aromatic rings. The van der Waals surface area contributed by atoms with Gasteiger partial charge in [-0.2, -0.15) is 0 Å². The van der Waals surface area contributed by atoms with Crippen LogP contribution in [0.15, 0.2) is 0 Å². The Morgan fingerprint density at radius 1 is 1.62 bits per heavy atom. The predicted octanol–water partition coefficient (Wildman–Crippen LogP) is 0.220. The molecule has 3 nitrogen and oxygen atoms in total. The molecule has 0 spiro atoms. The van der Waals surface area contributed by atoms with Gasteiger partial charge in [0.25, 0.3) is 5.91 Å². The lowest BCUT2D eigenvalue weighted by Gasteiger charge is -2.29. The number of piperidine rings is 1. The van der Waals surface area contributed by atoms with Crippen molar-refractivity contribution in [1.29, 1.82) is 0 Å². The van der Waals surface area contributed by atoms with Gasteiger partial charge in [-0.05, 0) is 39.3 Å². The Hall–Kier alpha value is -1.01. The van der Waals surface area contributed by atoms with Crippen LogP contribution >= 0.6 is 0 Å². The number of carbonyl (C=O) groups is 1. The van der Waals surface area contributed by atoms with Crippen molar-refractivity contribution in [3.05, 3.63) is 0 Å². The van der Waals surface area contributed by atoms with E-state index in [9.17, 15) is 4.79 Å². The summed E-state index contributed by atoms with van der Waals surface area (Å²) in [5.41, 5.74) is 0. The molecule has 13 heavy (non-hydrogen) atoms. The van der Waals surface area contributed by atoms with Gasteiger partial charge in [-0.1, -0.05) is 5.92 Å². The summed E-state index contributed by atoms with van der Waals surface area (Å²) in [5.74, 6) is 4.93. The molecule has 1 heterocycles. The Labute approximate surface area is 79.5 Å². The Balaban J connectivity index is 2.34. The van der Waals surface area contributed by atoms with Crippen molar-refractivity contribution in [2.75, 3.05) is 20.1 Å². The maximum Gasteiger partial charge on any atom is 0.296 e. The second-order valence-electron chi connectivity index (χ2n) is 3.45. The second-order valence-corrected chi connectivity index (χ2v) is 3.45. The molecule has 1 rings (SSSR count). The first kappa shape index (κ1) is 10.1. The maximum absolute atomic E-state index is 11.1. The van der Waals surface area contributed by atoms with Gasteiger partial charge in [0.2, 0.25) is 0 Å². The molecular weight excluding hydrogens is 164 g/mol. The Kier molecular flexibility index (Phi) is 3.78. The maximum atomic E-state index is 11.1. The fourth-order valence-corrected chi connectivity index (χ4v) is 1.62. The molecule has 0 saturated carbocycles. The summed E-state index contributed by atoms with van der Waals surface area (Å²) < 4.78 is 0. The largest absolute Gasteiger partial charge is 0.341 e. The van der Waals surface area contributed by atoms with Crippen LogP contribution in [-0.2, 0) is 4.79 Å². The van der Waals surface area contributed by atoms with Crippen LogP contribution in [-0.4, -0.2) is 37.0 Å². The minimum absolute atomic E-state index is 0.150. The minimum Gasteiger partial charge on any atom is -0.341 e. The molecule has 0 aromatic carbocycles. The van der Waals surface area contributed by atoms with Gasteiger partial charge in [0.15, 0.2) is 0 Å². The van der Waals surface area contributed by atoms with Crippen LogP contribution in [0.1, 0.15) is 19.8 Å². The Bertz CT molecular complexity index is 239. The van der Waals surface area contributed by atoms with Crippen molar-refractivity contribution in [2.45, 2.75) is 25.8 Å². The molecular formula is C10H16N2O. The van der Waals surface area contributed by atoms with Gasteiger partial charge in [-0.25, -0.2) is 0 Å². The van der Waals surface area contributed by atoms with E-state index >= 15 is 0 Å². The van der Waals surface area contributed by atoms with Crippen molar-refractivity contribution in [2.24, 2.45) is 0 Å². The smallest absolute Gasteiger partial charge is 0.296 e. The van der Waals surface area contributed by atoms with Gasteiger partial charge in [-0.3, -0.25) is 4.79 Å². The van der Waals surface area contributed by atoms with E-state index in [1.165, 1.54) is 0 Å². The molecule has 1 atom stereocenters. The Morgan fingerprint density at radius 3 is 3.00 bits per heavy atom. The summed E-state index contributed by atoms with van der Waals surface area (Å²) in [6.07, 6.45) is 2.22. The summed E-state index contributed by atoms with van der Waals surface area (Å²) in [6, 6.07) is 0.284. The highest BCUT2D eigenvalue weighted by Crippen LogP contribution is 2.07. The number of nitrogens with one attached hydrogen (secondary N) is 1. The fourth-order valence-electron chi connectivity index (χ4n) is 1.62. The van der Waals surface area contributed by atoms with E-state index in [1.807, 2.05) is 0 Å². The zero-order chi connectivity index (χ0) is 9.68. The van der Waals surface area contributed by atoms with Gasteiger partial charge in [-0.15, -0.1) is 0 Å². The van der Waals surface area contributed by atoms with Crippen LogP contribution in [0.5, 0.6) is 0 Å². The van der Waals surface area contributed by atoms with Crippen molar-refractivity contribution in [1.82, 2.24) is 10.2 Å². The number of amides is 1. The summed E-state index contributed by atoms with van der Waals surface area (Å²) in [6.45, 7) is 3.75. The van der Waals surface area contributed by atoms with E-state index in [1.54, 1.807) is 6.92 Å². The molecule has 72 valence electrons. The lowest BCUT2D eigenvalue weighted by Crippen LogP contribution is -2.45. The number of hydrogen-bond acceptors (Lipinski definition) is 2. The molecule has 1 aliphatic rings. The third-order valence-electron chi connectivity index (χ3n) is 2.20. The molecule has 3 heteroatoms. The van der Waals surface area contributed by atoms with Gasteiger partial charge >= 0.3 is 0 Å². The normalized spacial score (nSPS) is 23.1. The lowest BCUT2D eigenvalue weighted by atomic mass is 10.1. The van der Waals surface area contributed by atoms with Crippen molar-refractivity contribution in [3.8, 4) is 11.8 Å². The average molecular weight is 180 g/mol. The van der Waals surface area contributed by atoms with Crippen LogP contribution in [0.25, 0.3) is 0 Å². The van der Waals surface area contributed by atoms with E-state index in [-0.39, 0.29) is 11.9 Å². The minimum atomic E-state index is -0.150. The van der Waals surface area contributed by atoms with Crippen LogP contribution < -0.4 is 5.32 Å². The molecule has 1 aliphatic heterocycles. The number of likely N-dealkylation sites (N-methyl/N-ethyl adjacent to an activating group) is 1. The predicted molar refractivity (Wildman–Crippen MR) is 52.1 cm³/mol. The molecule has 0 bridgehead atoms. The number of hydrogen-bond donors (Lipinski definition) is 1. The van der Waals surface area contributed by atoms with Gasteiger partial charge in [0.05, 0.1) is 0 Å². The first-order valence-electron chi connectivity index (χ1n) is 4.64. The number of rotatable bonds is 1. The first-order valence-corrected chi connectivity index (χ1v) is 4.64. The quantitative estimate of drug-likeness (QED) is 0.585. The molecule has 0 radical (unpaired) electrons. The van der Waals surface area contributed by atoms with Crippen LogP contribution in [0.3, 0.4) is 0 Å². The molecule has 0 aromatic heterocycles. The van der Waals surface area contributed by atoms with Gasteiger partial charge in [0, 0.05) is 12.6 Å². The van der Waals surface area contributed by atoms with E-state index in [2.05, 4.69) is 29.1 Å². The van der Waals surface area contributed by atoms with Crippen LogP contribution in [0.4, 0.5) is 0 Å². The Morgan fingerprint density at radius 2 is 2.38 bits per heavy atom. The van der Waals surface area contributed by atoms with Crippen molar-refractivity contribution >= 4 is 5.91 Å². The third kappa shape index (κ3) is 3.47. The summed E-state index contributed by atoms with van der Waals surface area (Å²) in [5, 5.41) is 2.90. The monoisotopic (exact) mass is 180 g/mol. The molecule has 1 amide bonds. The van der Waals surface area contributed by atoms with Crippen LogP contribution in [0.2, 0.25) is 0 Å². The van der Waals surface area contributed by atoms with Crippen molar-refractivity contribution in [3.63, 3.8) is 0 Å². The zero-order valence-corrected chi connectivity index (χ0v) is 8.26. The summed E-state index contributed by atoms with van der Waals surface area (Å²) in [4.78, 5) is 13.3. The highest BCUT2D eigenvalue weighted by molar-refractivity contribution is 5.93. The van der Waals surface area contributed by atoms with E-state index in [0.29, 0.717) is 0 Å². The van der Waals surface area contributed by atoms with Gasteiger partial charge in [0.1, 0.15) is 0 Å². The zero-order valence-electron chi connectivity index (χ0n) is 8.26. The van der Waals surface area contributed by atoms with Gasteiger partial charge < -0.3 is 10.2 Å². The van der Waals surface area contributed by atoms with E-state index in [4.69, 9.17) is 0 Å². The first-order chi connectivity index (χ1) is 6.22. The number of likely N-dealkylation sites (tertiary alicyclic amines) is 1. The number of nitrogens with zero attached hydrogens (tertiary/aromatic N) is 1. The third-order valence-corrected chi connectivity index (χ3v) is 2.20. The summed E-state index contributed by atoms with van der Waals surface area (Å²) >= 11 is 0. The highest BCUT2D eigenvalue weighted by Gasteiger charge is 2.17. The van der Waals surface area contributed by atoms with E-state index < -0.39 is 0 Å². The molecule has 1 fully saturated rings. The SMILES string of the molecule is CC#CC(=O)NC1CCCN(C)C1.